The largest absolute Gasteiger partial charge is 0.397 e. The lowest BCUT2D eigenvalue weighted by molar-refractivity contribution is 0.598. The summed E-state index contributed by atoms with van der Waals surface area (Å²) >= 11 is 8.00. The summed E-state index contributed by atoms with van der Waals surface area (Å²) in [6.45, 7) is 0. The first-order valence-corrected chi connectivity index (χ1v) is 8.42. The molecule has 0 aliphatic heterocycles. The summed E-state index contributed by atoms with van der Waals surface area (Å²) in [5.74, 6) is 0. The number of nitrogens with two attached hydrogens (primary N) is 2. The standard InChI is InChI=1S/C12H11ClIN3O2S/c13-7-1-4-11(9(14)5-7)17-12-6-8(20(16,18)19)2-3-10(12)15/h1-6,17H,15H2,(H2,16,18,19). The van der Waals surface area contributed by atoms with Gasteiger partial charge < -0.3 is 11.1 Å². The molecule has 0 fully saturated rings. The van der Waals surface area contributed by atoms with E-state index < -0.39 is 10.0 Å². The SMILES string of the molecule is Nc1ccc(S(N)(=O)=O)cc1Nc1ccc(Cl)cc1I. The van der Waals surface area contributed by atoms with Gasteiger partial charge in [0.1, 0.15) is 0 Å². The fourth-order valence-electron chi connectivity index (χ4n) is 1.56. The van der Waals surface area contributed by atoms with Crippen LogP contribution in [0.5, 0.6) is 0 Å². The molecule has 0 aromatic heterocycles. The molecule has 20 heavy (non-hydrogen) atoms. The summed E-state index contributed by atoms with van der Waals surface area (Å²) < 4.78 is 23.6. The minimum absolute atomic E-state index is 0.00169. The van der Waals surface area contributed by atoms with Gasteiger partial charge in [-0.05, 0) is 59.0 Å². The fraction of sp³-hybridized carbons (Fsp3) is 0. The van der Waals surface area contributed by atoms with Crippen LogP contribution >= 0.6 is 34.2 Å². The van der Waals surface area contributed by atoms with Crippen molar-refractivity contribution in [2.45, 2.75) is 4.90 Å². The number of anilines is 3. The molecule has 2 aromatic carbocycles. The number of primary sulfonamides is 1. The van der Waals surface area contributed by atoms with E-state index in [4.69, 9.17) is 22.5 Å². The average Bonchev–Trinajstić information content (AvgIpc) is 2.33. The molecule has 0 radical (unpaired) electrons. The van der Waals surface area contributed by atoms with Crippen LogP contribution in [-0.4, -0.2) is 8.42 Å². The summed E-state index contributed by atoms with van der Waals surface area (Å²) in [5, 5.41) is 8.79. The van der Waals surface area contributed by atoms with E-state index in [2.05, 4.69) is 27.9 Å². The first-order chi connectivity index (χ1) is 9.27. The maximum absolute atomic E-state index is 11.4. The van der Waals surface area contributed by atoms with Gasteiger partial charge in [-0.2, -0.15) is 0 Å². The van der Waals surface area contributed by atoms with Gasteiger partial charge in [0.2, 0.25) is 10.0 Å². The molecule has 8 heteroatoms. The van der Waals surface area contributed by atoms with Crippen molar-refractivity contribution < 1.29 is 8.42 Å². The van der Waals surface area contributed by atoms with Gasteiger partial charge in [-0.1, -0.05) is 11.6 Å². The molecule has 0 heterocycles. The van der Waals surface area contributed by atoms with E-state index in [9.17, 15) is 8.42 Å². The quantitative estimate of drug-likeness (QED) is 0.522. The van der Waals surface area contributed by atoms with Crippen LogP contribution in [-0.2, 0) is 10.0 Å². The Labute approximate surface area is 135 Å². The Morgan fingerprint density at radius 2 is 1.80 bits per heavy atom. The average molecular weight is 424 g/mol. The Balaban J connectivity index is 2.43. The van der Waals surface area contributed by atoms with Gasteiger partial charge in [-0.15, -0.1) is 0 Å². The van der Waals surface area contributed by atoms with Crippen molar-refractivity contribution in [2.75, 3.05) is 11.1 Å². The number of sulfonamides is 1. The predicted molar refractivity (Wildman–Crippen MR) is 89.7 cm³/mol. The molecule has 0 aliphatic rings. The Kier molecular flexibility index (Phi) is 4.43. The van der Waals surface area contributed by atoms with Gasteiger partial charge in [0, 0.05) is 8.59 Å². The van der Waals surface area contributed by atoms with Gasteiger partial charge in [-0.25, -0.2) is 13.6 Å². The second-order valence-electron chi connectivity index (χ2n) is 4.04. The number of benzene rings is 2. The lowest BCUT2D eigenvalue weighted by Gasteiger charge is -2.12. The van der Waals surface area contributed by atoms with Crippen LogP contribution in [0.2, 0.25) is 5.02 Å². The summed E-state index contributed by atoms with van der Waals surface area (Å²) in [6, 6.07) is 9.55. The number of hydrogen-bond acceptors (Lipinski definition) is 4. The zero-order valence-corrected chi connectivity index (χ0v) is 13.8. The van der Waals surface area contributed by atoms with Gasteiger partial charge >= 0.3 is 0 Å². The molecule has 0 aliphatic carbocycles. The Hall–Kier alpha value is -1.03. The van der Waals surface area contributed by atoms with Crippen molar-refractivity contribution in [3.8, 4) is 0 Å². The molecule has 5 nitrogen and oxygen atoms in total. The Bertz CT molecular complexity index is 765. The van der Waals surface area contributed by atoms with Crippen LogP contribution in [0.1, 0.15) is 0 Å². The lowest BCUT2D eigenvalue weighted by atomic mass is 10.2. The van der Waals surface area contributed by atoms with Crippen LogP contribution in [0, 0.1) is 3.57 Å². The summed E-state index contributed by atoms with van der Waals surface area (Å²) in [6.07, 6.45) is 0. The molecular weight excluding hydrogens is 413 g/mol. The molecule has 106 valence electrons. The highest BCUT2D eigenvalue weighted by atomic mass is 127. The Morgan fingerprint density at radius 1 is 1.10 bits per heavy atom. The maximum Gasteiger partial charge on any atom is 0.238 e. The summed E-state index contributed by atoms with van der Waals surface area (Å²) in [7, 11) is -3.77. The number of halogens is 2. The highest BCUT2D eigenvalue weighted by Crippen LogP contribution is 2.29. The van der Waals surface area contributed by atoms with E-state index in [-0.39, 0.29) is 4.90 Å². The van der Waals surface area contributed by atoms with Crippen LogP contribution in [0.3, 0.4) is 0 Å². The number of nitrogen functional groups attached to an aromatic ring is 1. The predicted octanol–water partition coefficient (Wildman–Crippen LogP) is 2.92. The van der Waals surface area contributed by atoms with Crippen LogP contribution in [0.15, 0.2) is 41.3 Å². The fourth-order valence-corrected chi connectivity index (χ4v) is 3.10. The van der Waals surface area contributed by atoms with Crippen molar-refractivity contribution in [1.82, 2.24) is 0 Å². The third kappa shape index (κ3) is 3.54. The van der Waals surface area contributed by atoms with Crippen molar-refractivity contribution in [2.24, 2.45) is 5.14 Å². The van der Waals surface area contributed by atoms with E-state index in [0.717, 1.165) is 9.26 Å². The molecular formula is C12H11ClIN3O2S. The van der Waals surface area contributed by atoms with Gasteiger partial charge in [0.05, 0.1) is 22.0 Å². The van der Waals surface area contributed by atoms with Gasteiger partial charge in [0.25, 0.3) is 0 Å². The van der Waals surface area contributed by atoms with E-state index >= 15 is 0 Å². The number of nitrogens with one attached hydrogen (secondary N) is 1. The van der Waals surface area contributed by atoms with Crippen LogP contribution in [0.25, 0.3) is 0 Å². The van der Waals surface area contributed by atoms with E-state index in [0.29, 0.717) is 16.4 Å². The van der Waals surface area contributed by atoms with Crippen molar-refractivity contribution in [1.29, 1.82) is 0 Å². The van der Waals surface area contributed by atoms with E-state index in [1.165, 1.54) is 18.2 Å². The van der Waals surface area contributed by atoms with Crippen molar-refractivity contribution in [3.63, 3.8) is 0 Å². The molecule has 0 saturated carbocycles. The summed E-state index contributed by atoms with van der Waals surface area (Å²) in [4.78, 5) is -0.00169. The minimum atomic E-state index is -3.77. The molecule has 0 spiro atoms. The van der Waals surface area contributed by atoms with Crippen LogP contribution < -0.4 is 16.2 Å². The van der Waals surface area contributed by atoms with Crippen molar-refractivity contribution in [3.05, 3.63) is 45.0 Å². The molecule has 2 aromatic rings. The van der Waals surface area contributed by atoms with Gasteiger partial charge in [0.15, 0.2) is 0 Å². The zero-order chi connectivity index (χ0) is 14.9. The van der Waals surface area contributed by atoms with E-state index in [1.807, 2.05) is 0 Å². The smallest absolute Gasteiger partial charge is 0.238 e. The highest BCUT2D eigenvalue weighted by Gasteiger charge is 2.11. The Morgan fingerprint density at radius 3 is 2.40 bits per heavy atom. The molecule has 0 unspecified atom stereocenters. The second-order valence-corrected chi connectivity index (χ2v) is 7.20. The molecule has 0 atom stereocenters. The lowest BCUT2D eigenvalue weighted by Crippen LogP contribution is -2.12. The topological polar surface area (TPSA) is 98.2 Å². The normalized spacial score (nSPS) is 11.3. The molecule has 0 bridgehead atoms. The number of hydrogen-bond donors (Lipinski definition) is 3. The maximum atomic E-state index is 11.4. The molecule has 2 rings (SSSR count). The number of rotatable bonds is 3. The molecule has 5 N–H and O–H groups in total. The monoisotopic (exact) mass is 423 g/mol. The zero-order valence-electron chi connectivity index (χ0n) is 10.1. The van der Waals surface area contributed by atoms with Crippen molar-refractivity contribution >= 4 is 61.3 Å². The van der Waals surface area contributed by atoms with E-state index in [1.54, 1.807) is 18.2 Å². The summed E-state index contributed by atoms with van der Waals surface area (Å²) in [5.41, 5.74) is 7.49. The third-order valence-electron chi connectivity index (χ3n) is 2.55. The van der Waals surface area contributed by atoms with Crippen LogP contribution in [0.4, 0.5) is 17.1 Å². The van der Waals surface area contributed by atoms with Gasteiger partial charge in [-0.3, -0.25) is 0 Å². The minimum Gasteiger partial charge on any atom is -0.397 e. The highest BCUT2D eigenvalue weighted by molar-refractivity contribution is 14.1. The third-order valence-corrected chi connectivity index (χ3v) is 4.59. The molecule has 0 amide bonds. The first-order valence-electron chi connectivity index (χ1n) is 5.42. The second kappa shape index (κ2) is 5.76. The first kappa shape index (κ1) is 15.4. The molecule has 0 saturated heterocycles.